The molecule has 5 atom stereocenters. The molecular weight excluding hydrogens is 582 g/mol. The summed E-state index contributed by atoms with van der Waals surface area (Å²) in [6.45, 7) is -0.606. The molecule has 0 amide bonds. The summed E-state index contributed by atoms with van der Waals surface area (Å²) in [5, 5.41) is 21.3. The van der Waals surface area contributed by atoms with Crippen molar-refractivity contribution in [2.24, 2.45) is 0 Å². The van der Waals surface area contributed by atoms with Crippen LogP contribution in [0.25, 0.3) is 22.3 Å². The fourth-order valence-electron chi connectivity index (χ4n) is 4.57. The fraction of sp³-hybridized carbons (Fsp3) is 0.261. The van der Waals surface area contributed by atoms with Crippen LogP contribution in [0.15, 0.2) is 65.7 Å². The number of imidazole rings is 1. The first kappa shape index (κ1) is 29.2. The molecule has 0 radical (unpaired) electrons. The minimum absolute atomic E-state index is 0.0287. The normalized spacial score (nSPS) is 22.7. The van der Waals surface area contributed by atoms with Crippen LogP contribution in [0.2, 0.25) is 0 Å². The summed E-state index contributed by atoms with van der Waals surface area (Å²) in [6, 6.07) is 17.5. The van der Waals surface area contributed by atoms with Crippen molar-refractivity contribution in [2.45, 2.75) is 31.1 Å². The molecule has 18 heteroatoms. The number of nitrogens with zero attached hydrogens (tertiary/aromatic N) is 3. The number of ether oxygens (including phenoxy) is 1. The molecule has 9 N–H and O–H groups in total. The molecule has 218 valence electrons. The van der Waals surface area contributed by atoms with Crippen LogP contribution < -0.4 is 20.7 Å². The van der Waals surface area contributed by atoms with E-state index in [0.29, 0.717) is 0 Å². The van der Waals surface area contributed by atoms with Crippen molar-refractivity contribution in [3.8, 4) is 11.1 Å². The number of aromatic nitrogens is 4. The Kier molecular flexibility index (Phi) is 7.98. The molecule has 1 saturated heterocycles. The van der Waals surface area contributed by atoms with Gasteiger partial charge in [0.25, 0.3) is 11.2 Å². The zero-order chi connectivity index (χ0) is 29.5. The Labute approximate surface area is 231 Å². The van der Waals surface area contributed by atoms with E-state index in [-0.39, 0.29) is 23.7 Å². The highest BCUT2D eigenvalue weighted by atomic mass is 31.3. The SMILES string of the molecule is Nc1nc2c(c(=O)[nH]1)[n+](Cc1ccc(-c3ccccc3)cc1)cn2[C@@H]1O[C@H](COP(=O)(O)NP(=O)(O)O)[C@@H](O)[C@H]1O. The van der Waals surface area contributed by atoms with Gasteiger partial charge in [0.1, 0.15) is 24.9 Å². The topological polar surface area (TPSA) is 246 Å². The molecule has 2 aromatic heterocycles. The molecule has 41 heavy (non-hydrogen) atoms. The third-order valence-electron chi connectivity index (χ3n) is 6.39. The smallest absolute Gasteiger partial charge is 0.387 e. The predicted octanol–water partition coefficient (Wildman–Crippen LogP) is -0.272. The number of hydrogen-bond donors (Lipinski definition) is 8. The Bertz CT molecular complexity index is 1710. The minimum atomic E-state index is -5.12. The van der Waals surface area contributed by atoms with E-state index in [1.807, 2.05) is 54.6 Å². The first-order valence-electron chi connectivity index (χ1n) is 12.1. The maximum atomic E-state index is 12.9. The van der Waals surface area contributed by atoms with Gasteiger partial charge in [0.15, 0.2) is 0 Å². The number of hydrogen-bond acceptors (Lipinski definition) is 9. The number of nitrogens with two attached hydrogens (primary N) is 1. The van der Waals surface area contributed by atoms with E-state index in [1.54, 1.807) is 4.57 Å². The summed E-state index contributed by atoms with van der Waals surface area (Å²) in [7, 11) is -10.1. The van der Waals surface area contributed by atoms with Crippen molar-refractivity contribution in [1.82, 2.24) is 19.4 Å². The van der Waals surface area contributed by atoms with Crippen LogP contribution in [-0.4, -0.2) is 64.3 Å². The summed E-state index contributed by atoms with van der Waals surface area (Å²) in [4.78, 5) is 48.0. The van der Waals surface area contributed by atoms with Gasteiger partial charge in [0.05, 0.1) is 6.61 Å². The van der Waals surface area contributed by atoms with Gasteiger partial charge in [0, 0.05) is 0 Å². The molecular formula is C23H27N6O10P2+. The Morgan fingerprint density at radius 2 is 1.71 bits per heavy atom. The van der Waals surface area contributed by atoms with Crippen LogP contribution in [0.5, 0.6) is 0 Å². The van der Waals surface area contributed by atoms with Crippen LogP contribution in [0, 0.1) is 0 Å². The molecule has 2 aromatic carbocycles. The van der Waals surface area contributed by atoms with Crippen molar-refractivity contribution in [2.75, 3.05) is 12.3 Å². The third kappa shape index (κ3) is 6.47. The second-order valence-electron chi connectivity index (χ2n) is 9.34. The number of nitrogens with one attached hydrogen (secondary N) is 2. The summed E-state index contributed by atoms with van der Waals surface area (Å²) in [5.74, 6) is -0.209. The number of aromatic amines is 1. The highest BCUT2D eigenvalue weighted by Gasteiger charge is 2.48. The summed E-state index contributed by atoms with van der Waals surface area (Å²) in [6.07, 6.45) is -4.55. The lowest BCUT2D eigenvalue weighted by molar-refractivity contribution is -0.664. The van der Waals surface area contributed by atoms with Gasteiger partial charge < -0.3 is 35.4 Å². The zero-order valence-electron chi connectivity index (χ0n) is 21.1. The van der Waals surface area contributed by atoms with Crippen molar-refractivity contribution < 1.29 is 47.9 Å². The Morgan fingerprint density at radius 1 is 1.05 bits per heavy atom. The molecule has 3 heterocycles. The van der Waals surface area contributed by atoms with Crippen molar-refractivity contribution in [3.05, 3.63) is 76.8 Å². The van der Waals surface area contributed by atoms with Crippen LogP contribution in [-0.2, 0) is 24.9 Å². The van der Waals surface area contributed by atoms with Gasteiger partial charge >= 0.3 is 21.1 Å². The van der Waals surface area contributed by atoms with E-state index in [9.17, 15) is 29.0 Å². The molecule has 5 rings (SSSR count). The predicted molar refractivity (Wildman–Crippen MR) is 143 cm³/mol. The molecule has 0 spiro atoms. The molecule has 4 aromatic rings. The van der Waals surface area contributed by atoms with Gasteiger partial charge in [-0.1, -0.05) is 54.6 Å². The fourth-order valence-corrected chi connectivity index (χ4v) is 6.47. The molecule has 16 nitrogen and oxygen atoms in total. The number of H-pyrrole nitrogens is 1. The van der Waals surface area contributed by atoms with Gasteiger partial charge in [-0.3, -0.25) is 14.3 Å². The van der Waals surface area contributed by atoms with Gasteiger partial charge in [-0.25, -0.2) is 13.7 Å². The van der Waals surface area contributed by atoms with Gasteiger partial charge in [-0.05, 0) is 16.7 Å². The molecule has 1 fully saturated rings. The standard InChI is InChI=1S/C23H26N6O10P2/c24-23-25-20-17(21(32)26-23)28(10-13-6-8-15(9-7-13)14-4-2-1-3-5-14)12-29(20)22-19(31)18(30)16(39-22)11-38-41(36,37)27-40(33,34)35/h1-9,12,16,18-19,22,30-31H,10-11H2,(H6-,24,25,26,27,32,33,34,35,36,37)/p+1/t16-,18-,19-,22-/m1/s1. The second-order valence-corrected chi connectivity index (χ2v) is 12.5. The van der Waals surface area contributed by atoms with E-state index in [4.69, 9.17) is 20.3 Å². The highest BCUT2D eigenvalue weighted by molar-refractivity contribution is 7.66. The molecule has 1 unspecified atom stereocenters. The van der Waals surface area contributed by atoms with Crippen LogP contribution in [0.1, 0.15) is 11.8 Å². The van der Waals surface area contributed by atoms with Gasteiger partial charge in [-0.2, -0.15) is 9.55 Å². The summed E-state index contributed by atoms with van der Waals surface area (Å²) >= 11 is 0. The number of anilines is 1. The molecule has 0 aliphatic carbocycles. The number of aliphatic hydroxyl groups is 2. The average Bonchev–Trinajstić information content (AvgIpc) is 3.39. The average molecular weight is 609 g/mol. The maximum Gasteiger partial charge on any atom is 0.412 e. The largest absolute Gasteiger partial charge is 0.412 e. The van der Waals surface area contributed by atoms with Crippen molar-refractivity contribution in [3.63, 3.8) is 0 Å². The first-order chi connectivity index (χ1) is 19.3. The molecule has 0 saturated carbocycles. The van der Waals surface area contributed by atoms with Crippen LogP contribution >= 0.6 is 15.5 Å². The Hall–Kier alpha value is -3.27. The van der Waals surface area contributed by atoms with E-state index in [0.717, 1.165) is 21.5 Å². The van der Waals surface area contributed by atoms with Gasteiger partial charge in [0.2, 0.25) is 18.5 Å². The van der Waals surface area contributed by atoms with E-state index >= 15 is 0 Å². The molecule has 1 aliphatic rings. The maximum absolute atomic E-state index is 12.9. The first-order valence-corrected chi connectivity index (χ1v) is 15.3. The second kappa shape index (κ2) is 11.2. The number of benzene rings is 2. The molecule has 1 aliphatic heterocycles. The number of nitrogen functional groups attached to an aromatic ring is 1. The lowest BCUT2D eigenvalue weighted by Gasteiger charge is -2.18. The van der Waals surface area contributed by atoms with Crippen molar-refractivity contribution >= 4 is 32.6 Å². The van der Waals surface area contributed by atoms with E-state index in [2.05, 4.69) is 14.5 Å². The van der Waals surface area contributed by atoms with Crippen molar-refractivity contribution in [1.29, 1.82) is 0 Å². The summed E-state index contributed by atoms with van der Waals surface area (Å²) in [5.41, 5.74) is 8.21. The summed E-state index contributed by atoms with van der Waals surface area (Å²) < 4.78 is 36.1. The lowest BCUT2D eigenvalue weighted by atomic mass is 10.0. The third-order valence-corrected chi connectivity index (χ3v) is 8.94. The number of aliphatic hydroxyl groups excluding tert-OH is 2. The molecule has 0 bridgehead atoms. The number of rotatable bonds is 9. The number of fused-ring (bicyclic) bond motifs is 1. The Morgan fingerprint density at radius 3 is 2.37 bits per heavy atom. The van der Waals surface area contributed by atoms with Crippen LogP contribution in [0.3, 0.4) is 0 Å². The van der Waals surface area contributed by atoms with E-state index in [1.165, 1.54) is 10.9 Å². The quantitative estimate of drug-likeness (QED) is 0.0900. The van der Waals surface area contributed by atoms with E-state index < -0.39 is 52.2 Å². The Balaban J connectivity index is 1.42. The minimum Gasteiger partial charge on any atom is -0.387 e. The highest BCUT2D eigenvalue weighted by Crippen LogP contribution is 2.49. The zero-order valence-corrected chi connectivity index (χ0v) is 22.9. The van der Waals surface area contributed by atoms with Gasteiger partial charge in [-0.15, -0.1) is 4.86 Å². The monoisotopic (exact) mass is 609 g/mol. The van der Waals surface area contributed by atoms with Crippen LogP contribution in [0.4, 0.5) is 5.95 Å². The lowest BCUT2D eigenvalue weighted by Crippen LogP contribution is -2.37.